The maximum Gasteiger partial charge on any atom is 0.306 e. The highest BCUT2D eigenvalue weighted by atomic mass is 31.2. The quantitative estimate of drug-likeness (QED) is 0.0195. The molecular weight excluding hydrogens is 978 g/mol. The molecule has 0 aromatic carbocycles. The molecule has 458 valence electrons. The Labute approximate surface area is 479 Å². The molecule has 0 saturated carbocycles. The molecule has 0 aromatic rings. The van der Waals surface area contributed by atoms with Crippen LogP contribution < -0.4 is 4.89 Å². The Kier molecular flexibility index (Phi) is 58.4. The number of hydrogen-bond acceptors (Lipinski definition) is 8. The van der Waals surface area contributed by atoms with Gasteiger partial charge < -0.3 is 27.9 Å². The van der Waals surface area contributed by atoms with Crippen LogP contribution in [0.3, 0.4) is 0 Å². The smallest absolute Gasteiger partial charge is 0.306 e. The lowest BCUT2D eigenvalue weighted by atomic mass is 10.0. The van der Waals surface area contributed by atoms with Gasteiger partial charge in [0.2, 0.25) is 0 Å². The molecule has 10 heteroatoms. The Hall–Kier alpha value is -1.25. The van der Waals surface area contributed by atoms with Crippen LogP contribution in [-0.2, 0) is 32.7 Å². The molecule has 0 radical (unpaired) electrons. The summed E-state index contributed by atoms with van der Waals surface area (Å²) in [5.74, 6) is -0.814. The zero-order valence-corrected chi connectivity index (χ0v) is 53.1. The van der Waals surface area contributed by atoms with E-state index in [1.807, 2.05) is 21.1 Å². The summed E-state index contributed by atoms with van der Waals surface area (Å²) in [6.07, 6.45) is 71.6. The molecule has 0 rings (SSSR count). The average molecular weight is 1110 g/mol. The summed E-state index contributed by atoms with van der Waals surface area (Å²) < 4.78 is 34.3. The number of likely N-dealkylation sites (N-methyl/N-ethyl adjacent to an activating group) is 1. The van der Waals surface area contributed by atoms with E-state index in [0.29, 0.717) is 17.4 Å². The van der Waals surface area contributed by atoms with E-state index in [1.165, 1.54) is 283 Å². The van der Waals surface area contributed by atoms with E-state index in [-0.39, 0.29) is 32.0 Å². The van der Waals surface area contributed by atoms with Crippen molar-refractivity contribution < 1.29 is 42.1 Å². The minimum absolute atomic E-state index is 0.0273. The molecular formula is C67H132NO8P. The van der Waals surface area contributed by atoms with Crippen LogP contribution in [0.15, 0.2) is 12.2 Å². The minimum Gasteiger partial charge on any atom is -0.756 e. The number of phosphoric ester groups is 1. The van der Waals surface area contributed by atoms with Crippen molar-refractivity contribution in [3.8, 4) is 0 Å². The number of ether oxygens (including phenoxy) is 2. The lowest BCUT2D eigenvalue weighted by Gasteiger charge is -2.28. The highest BCUT2D eigenvalue weighted by Gasteiger charge is 2.22. The summed E-state index contributed by atoms with van der Waals surface area (Å²) in [4.78, 5) is 38.0. The van der Waals surface area contributed by atoms with Gasteiger partial charge in [0.05, 0.1) is 27.7 Å². The van der Waals surface area contributed by atoms with Crippen LogP contribution in [0.5, 0.6) is 0 Å². The van der Waals surface area contributed by atoms with Gasteiger partial charge in [0.1, 0.15) is 19.8 Å². The summed E-state index contributed by atoms with van der Waals surface area (Å²) in [7, 11) is 1.19. The standard InChI is InChI=1S/C67H132NO8P/c1-6-8-10-12-14-16-18-20-22-24-26-27-28-29-30-31-32-33-34-35-36-37-38-39-40-42-43-45-47-49-51-53-55-57-59-66(69)73-63-65(64-75-77(71,72)74-62-61-68(3,4)5)76-67(70)60-58-56-54-52-50-48-46-44-41-25-23-21-19-17-15-13-11-9-7-2/h21,23,65H,6-20,22,24-64H2,1-5H3/b23-21-. The van der Waals surface area contributed by atoms with Crippen molar-refractivity contribution >= 4 is 19.8 Å². The van der Waals surface area contributed by atoms with Crippen molar-refractivity contribution in [2.45, 2.75) is 360 Å². The van der Waals surface area contributed by atoms with Crippen LogP contribution >= 0.6 is 7.82 Å². The van der Waals surface area contributed by atoms with E-state index >= 15 is 0 Å². The van der Waals surface area contributed by atoms with Gasteiger partial charge in [-0.2, -0.15) is 0 Å². The average Bonchev–Trinajstić information content (AvgIpc) is 3.39. The van der Waals surface area contributed by atoms with Gasteiger partial charge in [-0.3, -0.25) is 14.2 Å². The van der Waals surface area contributed by atoms with Crippen molar-refractivity contribution in [2.75, 3.05) is 47.5 Å². The summed E-state index contributed by atoms with van der Waals surface area (Å²) in [6, 6.07) is 0. The van der Waals surface area contributed by atoms with E-state index < -0.39 is 26.5 Å². The second kappa shape index (κ2) is 59.4. The zero-order chi connectivity index (χ0) is 56.3. The number of carbonyl (C=O) groups excluding carboxylic acids is 2. The summed E-state index contributed by atoms with van der Waals surface area (Å²) in [5, 5.41) is 0. The molecule has 0 saturated heterocycles. The normalized spacial score (nSPS) is 13.2. The molecule has 9 nitrogen and oxygen atoms in total. The number of hydrogen-bond donors (Lipinski definition) is 0. The van der Waals surface area contributed by atoms with E-state index in [0.717, 1.165) is 38.5 Å². The van der Waals surface area contributed by atoms with Gasteiger partial charge in [-0.1, -0.05) is 315 Å². The largest absolute Gasteiger partial charge is 0.756 e. The third-order valence-corrected chi connectivity index (χ3v) is 16.5. The highest BCUT2D eigenvalue weighted by Crippen LogP contribution is 2.38. The Balaban J connectivity index is 3.93. The highest BCUT2D eigenvalue weighted by molar-refractivity contribution is 7.45. The molecule has 0 aromatic heterocycles. The first-order chi connectivity index (χ1) is 37.5. The maximum atomic E-state index is 12.8. The fraction of sp³-hybridized carbons (Fsp3) is 0.940. The van der Waals surface area contributed by atoms with Gasteiger partial charge >= 0.3 is 11.9 Å². The first-order valence-corrected chi connectivity index (χ1v) is 35.4. The van der Waals surface area contributed by atoms with E-state index in [4.69, 9.17) is 18.5 Å². The Bertz CT molecular complexity index is 1300. The topological polar surface area (TPSA) is 111 Å². The lowest BCUT2D eigenvalue weighted by molar-refractivity contribution is -0.870. The van der Waals surface area contributed by atoms with Crippen molar-refractivity contribution in [2.24, 2.45) is 0 Å². The molecule has 0 aliphatic carbocycles. The molecule has 0 heterocycles. The van der Waals surface area contributed by atoms with Gasteiger partial charge in [0.25, 0.3) is 7.82 Å². The van der Waals surface area contributed by atoms with Crippen LogP contribution in [0, 0.1) is 0 Å². The molecule has 0 spiro atoms. The van der Waals surface area contributed by atoms with Crippen molar-refractivity contribution in [3.05, 3.63) is 12.2 Å². The predicted octanol–water partition coefficient (Wildman–Crippen LogP) is 20.9. The van der Waals surface area contributed by atoms with E-state index in [2.05, 4.69) is 26.0 Å². The molecule has 77 heavy (non-hydrogen) atoms. The number of phosphoric acid groups is 1. The van der Waals surface area contributed by atoms with Crippen LogP contribution in [0.2, 0.25) is 0 Å². The number of rotatable bonds is 64. The first-order valence-electron chi connectivity index (χ1n) is 33.9. The molecule has 2 unspecified atom stereocenters. The number of allylic oxidation sites excluding steroid dienone is 2. The number of nitrogens with zero attached hydrogens (tertiary/aromatic N) is 1. The van der Waals surface area contributed by atoms with E-state index in [1.54, 1.807) is 0 Å². The van der Waals surface area contributed by atoms with Gasteiger partial charge in [-0.25, -0.2) is 0 Å². The lowest BCUT2D eigenvalue weighted by Crippen LogP contribution is -2.37. The molecule has 0 aliphatic heterocycles. The third-order valence-electron chi connectivity index (χ3n) is 15.5. The number of unbranched alkanes of at least 4 members (excludes halogenated alkanes) is 48. The molecule has 0 fully saturated rings. The van der Waals surface area contributed by atoms with E-state index in [9.17, 15) is 19.0 Å². The third kappa shape index (κ3) is 63.8. The summed E-state index contributed by atoms with van der Waals surface area (Å²) in [5.41, 5.74) is 0. The SMILES string of the molecule is CCCCCCCC/C=C\CCCCCCCCCCCC(=O)OC(COC(=O)CCCCCCCCCCCCCCCCCCCCCCCCCCCCCCCCCCCC)COP(=O)([O-])OCC[N+](C)(C)C. The van der Waals surface area contributed by atoms with Gasteiger partial charge in [0, 0.05) is 12.8 Å². The van der Waals surface area contributed by atoms with Crippen molar-refractivity contribution in [1.82, 2.24) is 0 Å². The van der Waals surface area contributed by atoms with Gasteiger partial charge in [-0.15, -0.1) is 0 Å². The van der Waals surface area contributed by atoms with Crippen molar-refractivity contribution in [1.29, 1.82) is 0 Å². The first kappa shape index (κ1) is 75.8. The molecule has 2 atom stereocenters. The number of quaternary nitrogens is 1. The fourth-order valence-electron chi connectivity index (χ4n) is 10.3. The molecule has 0 N–H and O–H groups in total. The van der Waals surface area contributed by atoms with Crippen LogP contribution in [0.1, 0.15) is 354 Å². The van der Waals surface area contributed by atoms with Crippen molar-refractivity contribution in [3.63, 3.8) is 0 Å². The van der Waals surface area contributed by atoms with Crippen LogP contribution in [0.4, 0.5) is 0 Å². The zero-order valence-electron chi connectivity index (χ0n) is 52.2. The van der Waals surface area contributed by atoms with Crippen LogP contribution in [0.25, 0.3) is 0 Å². The number of carbonyl (C=O) groups is 2. The molecule has 0 bridgehead atoms. The van der Waals surface area contributed by atoms with Gasteiger partial charge in [0.15, 0.2) is 6.10 Å². The summed E-state index contributed by atoms with van der Waals surface area (Å²) >= 11 is 0. The second-order valence-electron chi connectivity index (χ2n) is 24.6. The Morgan fingerprint density at radius 2 is 0.662 bits per heavy atom. The fourth-order valence-corrected chi connectivity index (χ4v) is 11.0. The molecule has 0 aliphatic rings. The summed E-state index contributed by atoms with van der Waals surface area (Å²) in [6.45, 7) is 4.30. The monoisotopic (exact) mass is 1110 g/mol. The Morgan fingerprint density at radius 3 is 0.961 bits per heavy atom. The van der Waals surface area contributed by atoms with Gasteiger partial charge in [-0.05, 0) is 38.5 Å². The molecule has 0 amide bonds. The second-order valence-corrected chi connectivity index (χ2v) is 26.0. The minimum atomic E-state index is -4.63. The van der Waals surface area contributed by atoms with Crippen LogP contribution in [-0.4, -0.2) is 70.0 Å². The Morgan fingerprint density at radius 1 is 0.390 bits per heavy atom. The number of esters is 2. The predicted molar refractivity (Wildman–Crippen MR) is 328 cm³/mol. The maximum absolute atomic E-state index is 12.8.